The molecule has 1 aromatic heterocycles. The highest BCUT2D eigenvalue weighted by Gasteiger charge is 2.19. The molecular weight excluding hydrogens is 271 g/mol. The molecule has 1 aromatic carbocycles. The first-order chi connectivity index (χ1) is 10.2. The number of nitrogens with one attached hydrogen (secondary N) is 2. The number of anilines is 1. The highest BCUT2D eigenvalue weighted by Crippen LogP contribution is 2.20. The second-order valence-corrected chi connectivity index (χ2v) is 4.94. The van der Waals surface area contributed by atoms with E-state index >= 15 is 0 Å². The number of hydrogen-bond donors (Lipinski definition) is 2. The number of benzene rings is 1. The van der Waals surface area contributed by atoms with Gasteiger partial charge in [-0.15, -0.1) is 0 Å². The van der Waals surface area contributed by atoms with Crippen molar-refractivity contribution < 1.29 is 9.18 Å². The van der Waals surface area contributed by atoms with Gasteiger partial charge < -0.3 is 10.6 Å². The zero-order valence-electron chi connectivity index (χ0n) is 11.3. The minimum absolute atomic E-state index is 0.163. The summed E-state index contributed by atoms with van der Waals surface area (Å²) in [7, 11) is 0. The van der Waals surface area contributed by atoms with Gasteiger partial charge in [-0.3, -0.25) is 9.78 Å². The Kier molecular flexibility index (Phi) is 3.87. The van der Waals surface area contributed by atoms with Crippen molar-refractivity contribution in [2.45, 2.75) is 18.9 Å². The number of carbonyl (C=O) groups excluding carboxylic acids is 1. The Hall–Kier alpha value is -2.34. The van der Waals surface area contributed by atoms with Gasteiger partial charge in [-0.1, -0.05) is 0 Å². The average molecular weight is 286 g/mol. The third-order valence-corrected chi connectivity index (χ3v) is 3.41. The van der Waals surface area contributed by atoms with Crippen molar-refractivity contribution >= 4 is 11.6 Å². The molecule has 1 unspecified atom stereocenters. The largest absolute Gasteiger partial charge is 0.321 e. The maximum atomic E-state index is 12.8. The normalized spacial score (nSPS) is 17.7. The summed E-state index contributed by atoms with van der Waals surface area (Å²) in [5.41, 5.74) is 1.55. The predicted molar refractivity (Wildman–Crippen MR) is 76.4 cm³/mol. The first-order valence-electron chi connectivity index (χ1n) is 6.84. The van der Waals surface area contributed by atoms with Crippen LogP contribution in [0, 0.1) is 5.82 Å². The van der Waals surface area contributed by atoms with Gasteiger partial charge in [-0.25, -0.2) is 9.37 Å². The van der Waals surface area contributed by atoms with Gasteiger partial charge in [0.25, 0.3) is 5.91 Å². The van der Waals surface area contributed by atoms with Crippen molar-refractivity contribution in [3.63, 3.8) is 0 Å². The standard InChI is InChI=1S/C15H15FN4O/c16-10-3-5-11(6-4-10)19-15(21)14-9-17-8-13(20-14)12-2-1-7-18-12/h3-6,8-9,12,18H,1-2,7H2,(H,19,21). The van der Waals surface area contributed by atoms with Crippen LogP contribution in [0.15, 0.2) is 36.7 Å². The Balaban J connectivity index is 1.74. The lowest BCUT2D eigenvalue weighted by molar-refractivity contribution is 0.102. The molecule has 2 N–H and O–H groups in total. The van der Waals surface area contributed by atoms with E-state index in [4.69, 9.17) is 0 Å². The van der Waals surface area contributed by atoms with E-state index in [1.165, 1.54) is 30.5 Å². The topological polar surface area (TPSA) is 66.9 Å². The molecule has 6 heteroatoms. The Morgan fingerprint density at radius 1 is 1.29 bits per heavy atom. The maximum absolute atomic E-state index is 12.8. The Morgan fingerprint density at radius 3 is 2.81 bits per heavy atom. The first kappa shape index (κ1) is 13.6. The lowest BCUT2D eigenvalue weighted by Gasteiger charge is -2.10. The molecule has 1 atom stereocenters. The van der Waals surface area contributed by atoms with Gasteiger partial charge in [0, 0.05) is 5.69 Å². The number of amides is 1. The van der Waals surface area contributed by atoms with Gasteiger partial charge in [-0.05, 0) is 43.7 Å². The van der Waals surface area contributed by atoms with Crippen molar-refractivity contribution in [2.75, 3.05) is 11.9 Å². The third kappa shape index (κ3) is 3.22. The molecule has 3 rings (SSSR count). The summed E-state index contributed by atoms with van der Waals surface area (Å²) in [6, 6.07) is 5.75. The first-order valence-corrected chi connectivity index (χ1v) is 6.84. The molecule has 1 saturated heterocycles. The van der Waals surface area contributed by atoms with Crippen molar-refractivity contribution in [1.82, 2.24) is 15.3 Å². The summed E-state index contributed by atoms with van der Waals surface area (Å²) in [6.45, 7) is 0.957. The van der Waals surface area contributed by atoms with E-state index in [0.29, 0.717) is 5.69 Å². The summed E-state index contributed by atoms with van der Waals surface area (Å²) in [4.78, 5) is 20.6. The van der Waals surface area contributed by atoms with Crippen LogP contribution in [0.1, 0.15) is 35.1 Å². The van der Waals surface area contributed by atoms with Crippen LogP contribution in [0.25, 0.3) is 0 Å². The molecule has 2 heterocycles. The van der Waals surface area contributed by atoms with E-state index < -0.39 is 0 Å². The molecule has 0 spiro atoms. The molecule has 2 aromatic rings. The number of halogens is 1. The smallest absolute Gasteiger partial charge is 0.275 e. The molecule has 0 saturated carbocycles. The van der Waals surface area contributed by atoms with Crippen molar-refractivity contribution in [2.24, 2.45) is 0 Å². The van der Waals surface area contributed by atoms with Crippen LogP contribution in [-0.2, 0) is 0 Å². The van der Waals surface area contributed by atoms with E-state index in [1.54, 1.807) is 6.20 Å². The highest BCUT2D eigenvalue weighted by atomic mass is 19.1. The van der Waals surface area contributed by atoms with Gasteiger partial charge in [-0.2, -0.15) is 0 Å². The molecule has 0 radical (unpaired) electrons. The molecule has 21 heavy (non-hydrogen) atoms. The fourth-order valence-corrected chi connectivity index (χ4v) is 2.32. The Morgan fingerprint density at radius 2 is 2.10 bits per heavy atom. The van der Waals surface area contributed by atoms with Gasteiger partial charge in [0.15, 0.2) is 0 Å². The molecule has 0 bridgehead atoms. The van der Waals surface area contributed by atoms with Gasteiger partial charge in [0.05, 0.1) is 24.1 Å². The number of nitrogens with zero attached hydrogens (tertiary/aromatic N) is 2. The summed E-state index contributed by atoms with van der Waals surface area (Å²) in [5.74, 6) is -0.698. The number of aromatic nitrogens is 2. The Labute approximate surface area is 121 Å². The van der Waals surface area contributed by atoms with E-state index in [2.05, 4.69) is 20.6 Å². The quantitative estimate of drug-likeness (QED) is 0.908. The molecule has 1 aliphatic heterocycles. The van der Waals surface area contributed by atoms with Gasteiger partial charge >= 0.3 is 0 Å². The van der Waals surface area contributed by atoms with Crippen LogP contribution in [0.3, 0.4) is 0 Å². The van der Waals surface area contributed by atoms with E-state index in [-0.39, 0.29) is 23.5 Å². The number of rotatable bonds is 3. The van der Waals surface area contributed by atoms with Crippen molar-refractivity contribution in [3.05, 3.63) is 53.9 Å². The molecule has 0 aliphatic carbocycles. The monoisotopic (exact) mass is 286 g/mol. The second-order valence-electron chi connectivity index (χ2n) is 4.94. The molecule has 1 amide bonds. The maximum Gasteiger partial charge on any atom is 0.275 e. The van der Waals surface area contributed by atoms with Gasteiger partial charge in [0.2, 0.25) is 0 Å². The van der Waals surface area contributed by atoms with Crippen LogP contribution >= 0.6 is 0 Å². The van der Waals surface area contributed by atoms with Crippen LogP contribution in [0.2, 0.25) is 0 Å². The average Bonchev–Trinajstić information content (AvgIpc) is 3.04. The SMILES string of the molecule is O=C(Nc1ccc(F)cc1)c1cncc(C2CCCN2)n1. The molecule has 108 valence electrons. The molecular formula is C15H15FN4O. The fourth-order valence-electron chi connectivity index (χ4n) is 2.32. The zero-order valence-corrected chi connectivity index (χ0v) is 11.3. The highest BCUT2D eigenvalue weighted by molar-refractivity contribution is 6.02. The van der Waals surface area contributed by atoms with Gasteiger partial charge in [0.1, 0.15) is 11.5 Å². The number of hydrogen-bond acceptors (Lipinski definition) is 4. The van der Waals surface area contributed by atoms with Crippen LogP contribution in [-0.4, -0.2) is 22.4 Å². The molecule has 1 fully saturated rings. The minimum Gasteiger partial charge on any atom is -0.321 e. The summed E-state index contributed by atoms with van der Waals surface area (Å²) >= 11 is 0. The van der Waals surface area contributed by atoms with Crippen LogP contribution in [0.4, 0.5) is 10.1 Å². The minimum atomic E-state index is -0.353. The third-order valence-electron chi connectivity index (χ3n) is 3.41. The van der Waals surface area contributed by atoms with E-state index in [1.807, 2.05) is 0 Å². The summed E-state index contributed by atoms with van der Waals surface area (Å²) in [6.07, 6.45) is 5.20. The summed E-state index contributed by atoms with van der Waals surface area (Å²) in [5, 5.41) is 5.99. The zero-order chi connectivity index (χ0) is 14.7. The van der Waals surface area contributed by atoms with Crippen LogP contribution < -0.4 is 10.6 Å². The molecule has 1 aliphatic rings. The van der Waals surface area contributed by atoms with E-state index in [0.717, 1.165) is 25.1 Å². The van der Waals surface area contributed by atoms with Crippen molar-refractivity contribution in [3.8, 4) is 0 Å². The Bertz CT molecular complexity index is 638. The van der Waals surface area contributed by atoms with Crippen molar-refractivity contribution in [1.29, 1.82) is 0 Å². The summed E-state index contributed by atoms with van der Waals surface area (Å²) < 4.78 is 12.8. The number of carbonyl (C=O) groups is 1. The van der Waals surface area contributed by atoms with E-state index in [9.17, 15) is 9.18 Å². The molecule has 5 nitrogen and oxygen atoms in total. The predicted octanol–water partition coefficient (Wildman–Crippen LogP) is 2.29. The fraction of sp³-hybridized carbons (Fsp3) is 0.267. The lowest BCUT2D eigenvalue weighted by atomic mass is 10.1. The lowest BCUT2D eigenvalue weighted by Crippen LogP contribution is -2.19. The second kappa shape index (κ2) is 5.97. The van der Waals surface area contributed by atoms with Crippen LogP contribution in [0.5, 0.6) is 0 Å².